The number of benzene rings is 2. The molecule has 0 fully saturated rings. The van der Waals surface area contributed by atoms with Crippen LogP contribution >= 0.6 is 11.3 Å². The smallest absolute Gasteiger partial charge is 0.303 e. The molecule has 0 aliphatic heterocycles. The Labute approximate surface area is 161 Å². The van der Waals surface area contributed by atoms with Crippen LogP contribution in [0.1, 0.15) is 28.8 Å². The highest BCUT2D eigenvalue weighted by Crippen LogP contribution is 2.29. The normalized spacial score (nSPS) is 10.5. The molecule has 6 heteroatoms. The minimum Gasteiger partial charge on any atom is -0.481 e. The molecule has 0 bridgehead atoms. The minimum atomic E-state index is -0.798. The van der Waals surface area contributed by atoms with Crippen molar-refractivity contribution in [1.82, 2.24) is 0 Å². The van der Waals surface area contributed by atoms with Gasteiger partial charge in [-0.15, -0.1) is 0 Å². The van der Waals surface area contributed by atoms with Crippen LogP contribution in [0.15, 0.2) is 59.3 Å². The molecule has 0 aliphatic rings. The molecule has 1 heterocycles. The van der Waals surface area contributed by atoms with Gasteiger partial charge in [-0.25, -0.2) is 0 Å². The molecule has 1 amide bonds. The van der Waals surface area contributed by atoms with Gasteiger partial charge in [0, 0.05) is 12.0 Å². The number of aryl methyl sites for hydroxylation is 1. The summed E-state index contributed by atoms with van der Waals surface area (Å²) in [4.78, 5) is 23.1. The van der Waals surface area contributed by atoms with E-state index in [1.54, 1.807) is 29.5 Å². The standard InChI is InChI=1S/C21H20N2O3S/c22-18-9-8-16(17-10-11-27-13-17)12-19(18)23-21(26)15-6-4-14(5-7-15)2-1-3-20(24)25/h4-13H,1-3,22H2,(H,23,26)(H,24,25). The van der Waals surface area contributed by atoms with Crippen molar-refractivity contribution in [3.63, 3.8) is 0 Å². The van der Waals surface area contributed by atoms with Gasteiger partial charge in [-0.05, 0) is 70.6 Å². The number of carboxylic acids is 1. The Morgan fingerprint density at radius 2 is 1.81 bits per heavy atom. The van der Waals surface area contributed by atoms with Gasteiger partial charge in [-0.3, -0.25) is 9.59 Å². The molecule has 138 valence electrons. The number of nitrogen functional groups attached to an aromatic ring is 1. The number of thiophene rings is 1. The molecule has 2 aromatic carbocycles. The monoisotopic (exact) mass is 380 g/mol. The average molecular weight is 380 g/mol. The van der Waals surface area contributed by atoms with Gasteiger partial charge in [0.25, 0.3) is 5.91 Å². The van der Waals surface area contributed by atoms with E-state index in [0.29, 0.717) is 29.8 Å². The Morgan fingerprint density at radius 1 is 1.04 bits per heavy atom. The third-order valence-corrected chi connectivity index (χ3v) is 4.91. The van der Waals surface area contributed by atoms with Crippen molar-refractivity contribution in [1.29, 1.82) is 0 Å². The third kappa shape index (κ3) is 4.95. The van der Waals surface area contributed by atoms with Gasteiger partial charge in [0.15, 0.2) is 0 Å². The van der Waals surface area contributed by atoms with Crippen LogP contribution in [0.2, 0.25) is 0 Å². The maximum atomic E-state index is 12.5. The van der Waals surface area contributed by atoms with Crippen molar-refractivity contribution >= 4 is 34.6 Å². The van der Waals surface area contributed by atoms with Gasteiger partial charge in [-0.2, -0.15) is 11.3 Å². The van der Waals surface area contributed by atoms with E-state index in [1.165, 1.54) is 0 Å². The zero-order chi connectivity index (χ0) is 19.2. The van der Waals surface area contributed by atoms with Crippen LogP contribution in [-0.4, -0.2) is 17.0 Å². The summed E-state index contributed by atoms with van der Waals surface area (Å²) in [5.41, 5.74) is 10.7. The Hall–Kier alpha value is -3.12. The molecule has 3 rings (SSSR count). The number of anilines is 2. The number of carbonyl (C=O) groups is 2. The Balaban J connectivity index is 1.68. The summed E-state index contributed by atoms with van der Waals surface area (Å²) < 4.78 is 0. The molecule has 1 aromatic heterocycles. The molecule has 0 aliphatic carbocycles. The summed E-state index contributed by atoms with van der Waals surface area (Å²) in [5, 5.41) is 15.6. The number of nitrogens with two attached hydrogens (primary N) is 1. The first-order valence-electron chi connectivity index (χ1n) is 8.57. The summed E-state index contributed by atoms with van der Waals surface area (Å²) in [7, 11) is 0. The molecule has 0 spiro atoms. The molecule has 0 saturated carbocycles. The number of hydrogen-bond acceptors (Lipinski definition) is 4. The van der Waals surface area contributed by atoms with Crippen LogP contribution in [0.5, 0.6) is 0 Å². The first-order chi connectivity index (χ1) is 13.0. The maximum absolute atomic E-state index is 12.5. The fraction of sp³-hybridized carbons (Fsp3) is 0.143. The van der Waals surface area contributed by atoms with Gasteiger partial charge in [0.05, 0.1) is 11.4 Å². The van der Waals surface area contributed by atoms with Crippen LogP contribution in [0.4, 0.5) is 11.4 Å². The highest BCUT2D eigenvalue weighted by molar-refractivity contribution is 7.08. The summed E-state index contributed by atoms with van der Waals surface area (Å²) in [6, 6.07) is 14.8. The van der Waals surface area contributed by atoms with Crippen LogP contribution < -0.4 is 11.1 Å². The van der Waals surface area contributed by atoms with Crippen LogP contribution in [0.3, 0.4) is 0 Å². The van der Waals surface area contributed by atoms with E-state index in [4.69, 9.17) is 10.8 Å². The molecule has 5 nitrogen and oxygen atoms in total. The molecule has 0 atom stereocenters. The van der Waals surface area contributed by atoms with Crippen LogP contribution in [-0.2, 0) is 11.2 Å². The number of hydrogen-bond donors (Lipinski definition) is 3. The second kappa shape index (κ2) is 8.51. The maximum Gasteiger partial charge on any atom is 0.303 e. The second-order valence-electron chi connectivity index (χ2n) is 6.21. The predicted molar refractivity (Wildman–Crippen MR) is 109 cm³/mol. The van der Waals surface area contributed by atoms with Crippen molar-refractivity contribution in [3.05, 3.63) is 70.4 Å². The summed E-state index contributed by atoms with van der Waals surface area (Å²) in [6.07, 6.45) is 1.39. The van der Waals surface area contributed by atoms with Crippen LogP contribution in [0, 0.1) is 0 Å². The molecule has 4 N–H and O–H groups in total. The molecular weight excluding hydrogens is 360 g/mol. The SMILES string of the molecule is Nc1ccc(-c2ccsc2)cc1NC(=O)c1ccc(CCCC(=O)O)cc1. The van der Waals surface area contributed by atoms with Crippen molar-refractivity contribution in [2.75, 3.05) is 11.1 Å². The molecule has 0 unspecified atom stereocenters. The minimum absolute atomic E-state index is 0.141. The van der Waals surface area contributed by atoms with E-state index >= 15 is 0 Å². The number of rotatable bonds is 7. The summed E-state index contributed by atoms with van der Waals surface area (Å²) in [6.45, 7) is 0. The van der Waals surface area contributed by atoms with Crippen molar-refractivity contribution in [3.8, 4) is 11.1 Å². The zero-order valence-corrected chi connectivity index (χ0v) is 15.5. The average Bonchev–Trinajstić information content (AvgIpc) is 3.18. The van der Waals surface area contributed by atoms with E-state index in [9.17, 15) is 9.59 Å². The van der Waals surface area contributed by atoms with E-state index in [2.05, 4.69) is 5.32 Å². The van der Waals surface area contributed by atoms with E-state index in [1.807, 2.05) is 41.1 Å². The lowest BCUT2D eigenvalue weighted by molar-refractivity contribution is -0.137. The number of aliphatic carboxylic acids is 1. The highest BCUT2D eigenvalue weighted by atomic mass is 32.1. The van der Waals surface area contributed by atoms with Gasteiger partial charge in [-0.1, -0.05) is 18.2 Å². The lowest BCUT2D eigenvalue weighted by Gasteiger charge is -2.10. The number of carbonyl (C=O) groups excluding carboxylic acids is 1. The fourth-order valence-electron chi connectivity index (χ4n) is 2.73. The molecule has 0 saturated heterocycles. The third-order valence-electron chi connectivity index (χ3n) is 4.23. The van der Waals surface area contributed by atoms with E-state index < -0.39 is 5.97 Å². The Kier molecular flexibility index (Phi) is 5.88. The summed E-state index contributed by atoms with van der Waals surface area (Å²) >= 11 is 1.61. The van der Waals surface area contributed by atoms with Crippen LogP contribution in [0.25, 0.3) is 11.1 Å². The van der Waals surface area contributed by atoms with E-state index in [0.717, 1.165) is 16.7 Å². The Bertz CT molecular complexity index is 935. The van der Waals surface area contributed by atoms with Crippen molar-refractivity contribution < 1.29 is 14.7 Å². The highest BCUT2D eigenvalue weighted by Gasteiger charge is 2.10. The molecule has 27 heavy (non-hydrogen) atoms. The quantitative estimate of drug-likeness (QED) is 0.520. The van der Waals surface area contributed by atoms with Gasteiger partial charge >= 0.3 is 5.97 Å². The summed E-state index contributed by atoms with van der Waals surface area (Å²) in [5.74, 6) is -1.03. The first kappa shape index (κ1) is 18.7. The number of amides is 1. The van der Waals surface area contributed by atoms with Gasteiger partial charge < -0.3 is 16.2 Å². The number of carboxylic acid groups (broad SMARTS) is 1. The Morgan fingerprint density at radius 3 is 2.48 bits per heavy atom. The van der Waals surface area contributed by atoms with Gasteiger partial charge in [0.1, 0.15) is 0 Å². The van der Waals surface area contributed by atoms with E-state index in [-0.39, 0.29) is 12.3 Å². The zero-order valence-electron chi connectivity index (χ0n) is 14.6. The predicted octanol–water partition coefficient (Wildman–Crippen LogP) is 4.66. The first-order valence-corrected chi connectivity index (χ1v) is 9.51. The fourth-order valence-corrected chi connectivity index (χ4v) is 3.40. The largest absolute Gasteiger partial charge is 0.481 e. The molecule has 3 aromatic rings. The molecule has 0 radical (unpaired) electrons. The lowest BCUT2D eigenvalue weighted by atomic mass is 10.1. The van der Waals surface area contributed by atoms with Crippen molar-refractivity contribution in [2.45, 2.75) is 19.3 Å². The second-order valence-corrected chi connectivity index (χ2v) is 6.99. The lowest BCUT2D eigenvalue weighted by Crippen LogP contribution is -2.13. The van der Waals surface area contributed by atoms with Crippen molar-refractivity contribution in [2.24, 2.45) is 0 Å². The topological polar surface area (TPSA) is 92.4 Å². The number of nitrogens with one attached hydrogen (secondary N) is 1. The molecular formula is C21H20N2O3S. The van der Waals surface area contributed by atoms with Gasteiger partial charge in [0.2, 0.25) is 0 Å².